The zero-order chi connectivity index (χ0) is 21.4. The first-order valence-electron chi connectivity index (χ1n) is 10.1. The van der Waals surface area contributed by atoms with Crippen molar-refractivity contribution in [1.82, 2.24) is 5.32 Å². The van der Waals surface area contributed by atoms with E-state index in [2.05, 4.69) is 36.5 Å². The zero-order valence-corrected chi connectivity index (χ0v) is 17.7. The summed E-state index contributed by atoms with van der Waals surface area (Å²) in [5.74, 6) is 0.824. The van der Waals surface area contributed by atoms with E-state index < -0.39 is 6.09 Å². The average Bonchev–Trinajstić information content (AvgIpc) is 2.77. The van der Waals surface area contributed by atoms with E-state index >= 15 is 0 Å². The molecule has 0 radical (unpaired) electrons. The van der Waals surface area contributed by atoms with Gasteiger partial charge in [0.1, 0.15) is 19.0 Å². The number of hydrogen-bond donors (Lipinski definition) is 1. The van der Waals surface area contributed by atoms with Crippen LogP contribution in [0, 0.1) is 6.92 Å². The molecule has 0 atom stereocenters. The van der Waals surface area contributed by atoms with Crippen LogP contribution in [0.2, 0.25) is 0 Å². The molecular formula is C23H31NO6. The third kappa shape index (κ3) is 9.26. The van der Waals surface area contributed by atoms with Gasteiger partial charge in [0.05, 0.1) is 39.6 Å². The van der Waals surface area contributed by atoms with Crippen molar-refractivity contribution >= 4 is 6.09 Å². The molecule has 1 N–H and O–H groups in total. The van der Waals surface area contributed by atoms with Crippen LogP contribution in [0.3, 0.4) is 0 Å². The molecule has 0 heterocycles. The van der Waals surface area contributed by atoms with Gasteiger partial charge < -0.3 is 29.0 Å². The van der Waals surface area contributed by atoms with Gasteiger partial charge in [-0.1, -0.05) is 36.4 Å². The SMILES string of the molecule is CNC(=O)OCCOCCOCCOCCOc1ccc(-c2ccccc2C)cc1. The number of alkyl carbamates (subject to hydrolysis) is 1. The highest BCUT2D eigenvalue weighted by Crippen LogP contribution is 2.25. The number of ether oxygens (including phenoxy) is 5. The van der Waals surface area contributed by atoms with Gasteiger partial charge in [-0.15, -0.1) is 0 Å². The fourth-order valence-electron chi connectivity index (χ4n) is 2.65. The summed E-state index contributed by atoms with van der Waals surface area (Å²) in [5, 5.41) is 2.36. The van der Waals surface area contributed by atoms with E-state index in [-0.39, 0.29) is 6.61 Å². The van der Waals surface area contributed by atoms with Crippen molar-refractivity contribution in [2.24, 2.45) is 0 Å². The molecule has 2 aromatic carbocycles. The van der Waals surface area contributed by atoms with Gasteiger partial charge in [0.2, 0.25) is 0 Å². The molecule has 7 heteroatoms. The molecule has 0 fully saturated rings. The zero-order valence-electron chi connectivity index (χ0n) is 17.7. The van der Waals surface area contributed by atoms with Crippen LogP contribution in [0.15, 0.2) is 48.5 Å². The lowest BCUT2D eigenvalue weighted by molar-refractivity contribution is 0.00204. The summed E-state index contributed by atoms with van der Waals surface area (Å²) in [6.07, 6.45) is -0.463. The Balaban J connectivity index is 1.45. The Hall–Kier alpha value is -2.61. The normalized spacial score (nSPS) is 10.6. The number of rotatable bonds is 14. The third-order valence-electron chi connectivity index (χ3n) is 4.22. The predicted octanol–water partition coefficient (Wildman–Crippen LogP) is 3.45. The van der Waals surface area contributed by atoms with Crippen molar-refractivity contribution in [3.8, 4) is 16.9 Å². The van der Waals surface area contributed by atoms with Gasteiger partial charge in [-0.05, 0) is 35.7 Å². The highest BCUT2D eigenvalue weighted by molar-refractivity contribution is 5.67. The summed E-state index contributed by atoms with van der Waals surface area (Å²) in [6, 6.07) is 16.4. The quantitative estimate of drug-likeness (QED) is 0.475. The summed E-state index contributed by atoms with van der Waals surface area (Å²) >= 11 is 0. The van der Waals surface area contributed by atoms with Gasteiger partial charge in [-0.3, -0.25) is 0 Å². The molecule has 0 saturated heterocycles. The molecule has 2 aromatic rings. The number of benzene rings is 2. The Labute approximate surface area is 178 Å². The van der Waals surface area contributed by atoms with Crippen LogP contribution < -0.4 is 10.1 Å². The van der Waals surface area contributed by atoms with Gasteiger partial charge in [-0.2, -0.15) is 0 Å². The first-order valence-corrected chi connectivity index (χ1v) is 10.1. The molecule has 0 aliphatic rings. The van der Waals surface area contributed by atoms with E-state index in [4.69, 9.17) is 23.7 Å². The lowest BCUT2D eigenvalue weighted by Gasteiger charge is -2.10. The maximum atomic E-state index is 10.8. The summed E-state index contributed by atoms with van der Waals surface area (Å²) in [5.41, 5.74) is 3.66. The molecule has 7 nitrogen and oxygen atoms in total. The van der Waals surface area contributed by atoms with Crippen LogP contribution in [0.1, 0.15) is 5.56 Å². The second-order valence-corrected chi connectivity index (χ2v) is 6.41. The molecule has 2 rings (SSSR count). The summed E-state index contributed by atoms with van der Waals surface area (Å²) in [6.45, 7) is 5.55. The number of carbonyl (C=O) groups excluding carboxylic acids is 1. The average molecular weight is 418 g/mol. The lowest BCUT2D eigenvalue weighted by atomic mass is 10.0. The third-order valence-corrected chi connectivity index (χ3v) is 4.22. The van der Waals surface area contributed by atoms with Crippen LogP contribution in [0.25, 0.3) is 11.1 Å². The molecular weight excluding hydrogens is 386 g/mol. The fraction of sp³-hybridized carbons (Fsp3) is 0.435. The summed E-state index contributed by atoms with van der Waals surface area (Å²) < 4.78 is 26.7. The van der Waals surface area contributed by atoms with Crippen LogP contribution in [0.5, 0.6) is 5.75 Å². The van der Waals surface area contributed by atoms with Gasteiger partial charge >= 0.3 is 6.09 Å². The Morgan fingerprint density at radius 2 is 1.33 bits per heavy atom. The molecule has 0 spiro atoms. The number of hydrogen-bond acceptors (Lipinski definition) is 6. The summed E-state index contributed by atoms with van der Waals surface area (Å²) in [7, 11) is 1.51. The Morgan fingerprint density at radius 1 is 0.767 bits per heavy atom. The van der Waals surface area contributed by atoms with Crippen LogP contribution in [-0.4, -0.2) is 66.0 Å². The van der Waals surface area contributed by atoms with Gasteiger partial charge in [-0.25, -0.2) is 4.79 Å². The minimum atomic E-state index is -0.463. The molecule has 0 aromatic heterocycles. The Bertz CT molecular complexity index is 735. The van der Waals surface area contributed by atoms with Gasteiger partial charge in [0, 0.05) is 7.05 Å². The van der Waals surface area contributed by atoms with Crippen molar-refractivity contribution in [1.29, 1.82) is 0 Å². The lowest BCUT2D eigenvalue weighted by Crippen LogP contribution is -2.21. The van der Waals surface area contributed by atoms with E-state index in [0.717, 1.165) is 5.75 Å². The second kappa shape index (κ2) is 14.4. The van der Waals surface area contributed by atoms with Crippen LogP contribution in [-0.2, 0) is 18.9 Å². The fourth-order valence-corrected chi connectivity index (χ4v) is 2.65. The Kier molecular flexibility index (Phi) is 11.3. The van der Waals surface area contributed by atoms with Gasteiger partial charge in [0.25, 0.3) is 0 Å². The molecule has 0 bridgehead atoms. The molecule has 1 amide bonds. The number of amides is 1. The standard InChI is InChI=1S/C23H31NO6/c1-19-5-3-4-6-22(19)20-7-9-21(10-8-20)29-17-15-27-13-11-26-12-14-28-16-18-30-23(25)24-2/h3-10H,11-18H2,1-2H3,(H,24,25). The largest absolute Gasteiger partial charge is 0.491 e. The molecule has 0 saturated carbocycles. The highest BCUT2D eigenvalue weighted by atomic mass is 16.6. The van der Waals surface area contributed by atoms with Crippen LogP contribution >= 0.6 is 0 Å². The second-order valence-electron chi connectivity index (χ2n) is 6.41. The van der Waals surface area contributed by atoms with Crippen molar-refractivity contribution in [3.05, 3.63) is 54.1 Å². The number of carbonyl (C=O) groups is 1. The van der Waals surface area contributed by atoms with E-state index in [9.17, 15) is 4.79 Å². The van der Waals surface area contributed by atoms with E-state index in [1.807, 2.05) is 24.3 Å². The monoisotopic (exact) mass is 417 g/mol. The summed E-state index contributed by atoms with van der Waals surface area (Å²) in [4.78, 5) is 10.8. The molecule has 164 valence electrons. The minimum absolute atomic E-state index is 0.220. The first-order chi connectivity index (χ1) is 14.7. The molecule has 0 aliphatic heterocycles. The minimum Gasteiger partial charge on any atom is -0.491 e. The van der Waals surface area contributed by atoms with Gasteiger partial charge in [0.15, 0.2) is 0 Å². The van der Waals surface area contributed by atoms with Crippen molar-refractivity contribution < 1.29 is 28.5 Å². The van der Waals surface area contributed by atoms with Crippen molar-refractivity contribution in [2.45, 2.75) is 6.92 Å². The topological polar surface area (TPSA) is 75.3 Å². The molecule has 30 heavy (non-hydrogen) atoms. The first kappa shape index (κ1) is 23.7. The highest BCUT2D eigenvalue weighted by Gasteiger charge is 2.02. The maximum Gasteiger partial charge on any atom is 0.406 e. The van der Waals surface area contributed by atoms with Crippen molar-refractivity contribution in [3.63, 3.8) is 0 Å². The molecule has 0 unspecified atom stereocenters. The number of aryl methyl sites for hydroxylation is 1. The number of nitrogens with one attached hydrogen (secondary N) is 1. The van der Waals surface area contributed by atoms with E-state index in [0.29, 0.717) is 46.2 Å². The van der Waals surface area contributed by atoms with Crippen LogP contribution in [0.4, 0.5) is 4.79 Å². The smallest absolute Gasteiger partial charge is 0.406 e. The Morgan fingerprint density at radius 3 is 1.93 bits per heavy atom. The maximum absolute atomic E-state index is 10.8. The van der Waals surface area contributed by atoms with Crippen molar-refractivity contribution in [2.75, 3.05) is 59.9 Å². The van der Waals surface area contributed by atoms with E-state index in [1.54, 1.807) is 0 Å². The predicted molar refractivity (Wildman–Crippen MR) is 115 cm³/mol. The van der Waals surface area contributed by atoms with E-state index in [1.165, 1.54) is 23.7 Å². The molecule has 0 aliphatic carbocycles.